The summed E-state index contributed by atoms with van der Waals surface area (Å²) in [6.07, 6.45) is 9.29. The van der Waals surface area contributed by atoms with Crippen LogP contribution in [0.1, 0.15) is 177 Å². The van der Waals surface area contributed by atoms with Crippen molar-refractivity contribution in [2.24, 2.45) is 7.05 Å². The first-order valence-corrected chi connectivity index (χ1v) is 38.0. The Morgan fingerprint density at radius 3 is 0.972 bits per heavy atom. The molecule has 0 spiro atoms. The Balaban J connectivity index is 0.000000158. The molecule has 11 aromatic carbocycles. The number of ether oxygens (including phenoxy) is 1. The zero-order valence-electron chi connectivity index (χ0n) is 65.6. The lowest BCUT2D eigenvalue weighted by Crippen LogP contribution is -1.89. The van der Waals surface area contributed by atoms with Crippen LogP contribution >= 0.6 is 11.6 Å². The molecule has 0 unspecified atom stereocenters. The van der Waals surface area contributed by atoms with Crippen LogP contribution < -0.4 is 4.74 Å². The molecule has 3 heterocycles. The minimum atomic E-state index is -0.191. The van der Waals surface area contributed by atoms with Crippen molar-refractivity contribution < 1.29 is 9.13 Å². The summed E-state index contributed by atoms with van der Waals surface area (Å²) >= 11 is 5.79. The number of benzene rings is 11. The molecule has 3 aromatic heterocycles. The predicted octanol–water partition coefficient (Wildman–Crippen LogP) is 29.1. The molecule has 0 fully saturated rings. The van der Waals surface area contributed by atoms with E-state index in [9.17, 15) is 4.39 Å². The molecule has 5 nitrogen and oxygen atoms in total. The number of hydrogen-bond acceptors (Lipinski definition) is 4. The summed E-state index contributed by atoms with van der Waals surface area (Å²) in [4.78, 5) is 8.16. The largest absolute Gasteiger partial charge is 0.497 e. The van der Waals surface area contributed by atoms with E-state index in [2.05, 4.69) is 324 Å². The van der Waals surface area contributed by atoms with Gasteiger partial charge >= 0.3 is 0 Å². The van der Waals surface area contributed by atoms with Crippen LogP contribution in [0.2, 0.25) is 5.02 Å². The number of fused-ring (bicyclic) bond motifs is 1. The summed E-state index contributed by atoms with van der Waals surface area (Å²) in [6, 6.07) is 99.9. The van der Waals surface area contributed by atoms with E-state index in [0.717, 1.165) is 21.9 Å². The molecule has 0 bridgehead atoms. The van der Waals surface area contributed by atoms with Gasteiger partial charge in [0.25, 0.3) is 0 Å². The quantitative estimate of drug-likeness (QED) is 0.109. The van der Waals surface area contributed by atoms with Gasteiger partial charge in [0.15, 0.2) is 0 Å². The first-order valence-electron chi connectivity index (χ1n) is 37.6. The molecule has 0 atom stereocenters. The first kappa shape index (κ1) is 81.9. The average molecular weight is 1440 g/mol. The van der Waals surface area contributed by atoms with E-state index in [4.69, 9.17) is 16.3 Å². The van der Waals surface area contributed by atoms with Crippen LogP contribution in [0.4, 0.5) is 4.39 Å². The lowest BCUT2D eigenvalue weighted by Gasteiger charge is -2.08. The third-order valence-electron chi connectivity index (χ3n) is 18.6. The van der Waals surface area contributed by atoms with Gasteiger partial charge in [0.1, 0.15) is 11.6 Å². The standard InChI is InChI=1S/C17H18N2.C16H18O.C15H15F.C15H16.2C14H15N.C9H11Cl/c1-12(2)13-5-4-6-14(9-13)15-7-8-17-16(10-15)11-18-19(17)3;1-12(2)14-5-4-6-15(11-14)13-7-9-16(17-3)10-8-13;1-11(2)13-4-3-5-14(10-13)12-6-8-15(16)9-7-12;1-12(2)14-9-6-10-15(11-14)13-7-4-3-5-8-13;1-11(2)12-5-3-6-13(9-12)14-7-4-8-15-10-14;1-11(2)13-4-3-5-14(10-13)12-6-8-15-9-7-12;1-7(2)8-4-3-5-9(10)6-8/h4-12H,1-3H3;4-12H,1-3H3;3-11H,1-2H3;3-12H,1-2H3;2*3-11H,1-2H3;3-7H,1-2H3. The van der Waals surface area contributed by atoms with Gasteiger partial charge in [-0.05, 0) is 214 Å². The minimum absolute atomic E-state index is 0.191. The zero-order chi connectivity index (χ0) is 76.8. The number of pyridine rings is 2. The molecule has 0 amide bonds. The lowest BCUT2D eigenvalue weighted by molar-refractivity contribution is 0.415. The molecule has 0 aliphatic carbocycles. The van der Waals surface area contributed by atoms with Crippen molar-refractivity contribution in [1.29, 1.82) is 0 Å². The second kappa shape index (κ2) is 41.8. The molecule has 0 aliphatic heterocycles. The number of methoxy groups -OCH3 is 1. The van der Waals surface area contributed by atoms with Crippen LogP contribution in [0.25, 0.3) is 77.7 Å². The molecular formula is C100H108ClFN4O. The normalized spacial score (nSPS) is 10.7. The molecule has 14 rings (SSSR count). The second-order valence-electron chi connectivity index (χ2n) is 29.0. The highest BCUT2D eigenvalue weighted by Crippen LogP contribution is 2.31. The number of aryl methyl sites for hydroxylation is 1. The molecule has 107 heavy (non-hydrogen) atoms. The van der Waals surface area contributed by atoms with Gasteiger partial charge in [0.05, 0.1) is 18.8 Å². The van der Waals surface area contributed by atoms with E-state index in [-0.39, 0.29) is 5.82 Å². The summed E-state index contributed by atoms with van der Waals surface area (Å²) in [5.74, 6) is 4.65. The lowest BCUT2D eigenvalue weighted by atomic mass is 9.97. The first-order chi connectivity index (χ1) is 51.5. The Kier molecular flexibility index (Phi) is 32.0. The van der Waals surface area contributed by atoms with E-state index < -0.39 is 0 Å². The highest BCUT2D eigenvalue weighted by atomic mass is 35.5. The number of hydrogen-bond donors (Lipinski definition) is 0. The van der Waals surface area contributed by atoms with Gasteiger partial charge < -0.3 is 4.74 Å². The smallest absolute Gasteiger partial charge is 0.123 e. The zero-order valence-corrected chi connectivity index (χ0v) is 66.3. The maximum Gasteiger partial charge on any atom is 0.123 e. The molecule has 0 aliphatic rings. The van der Waals surface area contributed by atoms with E-state index in [1.54, 1.807) is 13.3 Å². The fourth-order valence-corrected chi connectivity index (χ4v) is 12.0. The molecule has 0 saturated carbocycles. The Morgan fingerprint density at radius 1 is 0.290 bits per heavy atom. The van der Waals surface area contributed by atoms with Gasteiger partial charge in [-0.1, -0.05) is 333 Å². The van der Waals surface area contributed by atoms with Crippen molar-refractivity contribution in [2.75, 3.05) is 7.11 Å². The summed E-state index contributed by atoms with van der Waals surface area (Å²) in [5.41, 5.74) is 25.4. The van der Waals surface area contributed by atoms with Crippen LogP contribution in [0, 0.1) is 5.82 Å². The summed E-state index contributed by atoms with van der Waals surface area (Å²) < 4.78 is 19.9. The van der Waals surface area contributed by atoms with E-state index in [1.807, 2.05) is 103 Å². The predicted molar refractivity (Wildman–Crippen MR) is 458 cm³/mol. The molecule has 7 heteroatoms. The fourth-order valence-electron chi connectivity index (χ4n) is 11.8. The summed E-state index contributed by atoms with van der Waals surface area (Å²) in [5, 5.41) is 6.31. The summed E-state index contributed by atoms with van der Waals surface area (Å²) in [6.45, 7) is 30.8. The number of rotatable bonds is 14. The van der Waals surface area contributed by atoms with E-state index >= 15 is 0 Å². The van der Waals surface area contributed by atoms with Crippen LogP contribution in [0.5, 0.6) is 5.75 Å². The molecule has 0 saturated heterocycles. The van der Waals surface area contributed by atoms with Gasteiger partial charge in [0, 0.05) is 42.2 Å². The van der Waals surface area contributed by atoms with Gasteiger partial charge in [-0.25, -0.2) is 4.39 Å². The minimum Gasteiger partial charge on any atom is -0.497 e. The third-order valence-corrected chi connectivity index (χ3v) is 18.9. The highest BCUT2D eigenvalue weighted by molar-refractivity contribution is 6.30. The van der Waals surface area contributed by atoms with Crippen molar-refractivity contribution in [1.82, 2.24) is 19.7 Å². The van der Waals surface area contributed by atoms with Crippen molar-refractivity contribution in [3.63, 3.8) is 0 Å². The molecule has 14 aromatic rings. The van der Waals surface area contributed by atoms with Crippen molar-refractivity contribution in [3.8, 4) is 72.5 Å². The maximum absolute atomic E-state index is 12.8. The second-order valence-corrected chi connectivity index (χ2v) is 29.4. The third kappa shape index (κ3) is 25.8. The van der Waals surface area contributed by atoms with E-state index in [0.29, 0.717) is 41.4 Å². The van der Waals surface area contributed by atoms with Gasteiger partial charge in [-0.2, -0.15) is 5.10 Å². The van der Waals surface area contributed by atoms with Crippen LogP contribution in [-0.4, -0.2) is 26.9 Å². The van der Waals surface area contributed by atoms with Gasteiger partial charge in [-0.3, -0.25) is 14.6 Å². The number of nitrogens with zero attached hydrogens (tertiary/aromatic N) is 4. The maximum atomic E-state index is 12.8. The average Bonchev–Trinajstić information content (AvgIpc) is 1.75. The topological polar surface area (TPSA) is 52.8 Å². The number of aromatic nitrogens is 4. The van der Waals surface area contributed by atoms with Crippen molar-refractivity contribution in [3.05, 3.63) is 372 Å². The van der Waals surface area contributed by atoms with Crippen LogP contribution in [0.3, 0.4) is 0 Å². The molecule has 0 radical (unpaired) electrons. The Morgan fingerprint density at radius 2 is 0.607 bits per heavy atom. The summed E-state index contributed by atoms with van der Waals surface area (Å²) in [7, 11) is 3.66. The van der Waals surface area contributed by atoms with Gasteiger partial charge in [0.2, 0.25) is 0 Å². The number of halogens is 2. The highest BCUT2D eigenvalue weighted by Gasteiger charge is 2.10. The van der Waals surface area contributed by atoms with Crippen LogP contribution in [0.15, 0.2) is 322 Å². The monoisotopic (exact) mass is 1430 g/mol. The molecular weight excluding hydrogens is 1330 g/mol. The Hall–Kier alpha value is -10.8. The van der Waals surface area contributed by atoms with Crippen molar-refractivity contribution in [2.45, 2.75) is 138 Å². The van der Waals surface area contributed by atoms with Gasteiger partial charge in [-0.15, -0.1) is 0 Å². The van der Waals surface area contributed by atoms with E-state index in [1.165, 1.54) is 118 Å². The molecule has 0 N–H and O–H groups in total. The Bertz CT molecular complexity index is 4720. The van der Waals surface area contributed by atoms with Crippen molar-refractivity contribution >= 4 is 22.5 Å². The fraction of sp³-hybridized carbons (Fsp3) is 0.230. The SMILES string of the molecule is CC(C)c1cccc(-c2ccc(F)cc2)c1.CC(C)c1cccc(-c2ccc3c(cnn3C)c2)c1.CC(C)c1cccc(-c2ccccc2)c1.CC(C)c1cccc(-c2cccnc2)c1.CC(C)c1cccc(-c2ccncc2)c1.CC(C)c1cccc(Cl)c1.COc1ccc(-c2cccc(C(C)C)c2)cc1. The molecule has 548 valence electrons. The van der Waals surface area contributed by atoms with Crippen LogP contribution in [-0.2, 0) is 7.05 Å². The Labute approximate surface area is 644 Å².